The number of hydrogen-bond donors (Lipinski definition) is 1. The molecule has 2 rings (SSSR count). The van der Waals surface area contributed by atoms with E-state index in [0.717, 1.165) is 18.5 Å². The second kappa shape index (κ2) is 6.14. The molecule has 1 saturated carbocycles. The molecular weight excluding hydrogens is 262 g/mol. The Bertz CT molecular complexity index is 486. The minimum atomic E-state index is -0.0624. The molecule has 0 aliphatic heterocycles. The minimum absolute atomic E-state index is 0.0426. The first-order chi connectivity index (χ1) is 9.84. The molecule has 0 aromatic carbocycles. The van der Waals surface area contributed by atoms with E-state index in [9.17, 15) is 4.79 Å². The van der Waals surface area contributed by atoms with Gasteiger partial charge < -0.3 is 10.6 Å². The molecule has 2 N–H and O–H groups in total. The van der Waals surface area contributed by atoms with Crippen molar-refractivity contribution in [2.75, 3.05) is 7.05 Å². The van der Waals surface area contributed by atoms with Crippen molar-refractivity contribution in [3.05, 3.63) is 30.1 Å². The van der Waals surface area contributed by atoms with Crippen molar-refractivity contribution in [3.63, 3.8) is 0 Å². The summed E-state index contributed by atoms with van der Waals surface area (Å²) in [5.74, 6) is 0.605. The van der Waals surface area contributed by atoms with Crippen LogP contribution >= 0.6 is 0 Å². The van der Waals surface area contributed by atoms with Gasteiger partial charge in [0.2, 0.25) is 5.91 Å². The van der Waals surface area contributed by atoms with Crippen LogP contribution in [-0.2, 0) is 11.3 Å². The van der Waals surface area contributed by atoms with Crippen LogP contribution in [0.4, 0.5) is 0 Å². The van der Waals surface area contributed by atoms with Crippen molar-refractivity contribution in [1.29, 1.82) is 0 Å². The molecule has 0 spiro atoms. The van der Waals surface area contributed by atoms with E-state index in [0.29, 0.717) is 12.5 Å². The Kier molecular flexibility index (Phi) is 4.67. The fourth-order valence-electron chi connectivity index (χ4n) is 3.37. The third kappa shape index (κ3) is 3.26. The summed E-state index contributed by atoms with van der Waals surface area (Å²) in [7, 11) is 1.87. The van der Waals surface area contributed by atoms with Crippen LogP contribution < -0.4 is 5.73 Å². The molecule has 1 heterocycles. The van der Waals surface area contributed by atoms with Crippen LogP contribution in [0.2, 0.25) is 0 Å². The van der Waals surface area contributed by atoms with Crippen LogP contribution in [0.3, 0.4) is 0 Å². The van der Waals surface area contributed by atoms with Crippen molar-refractivity contribution in [2.24, 2.45) is 23.0 Å². The average Bonchev–Trinajstić information content (AvgIpc) is 2.45. The third-order valence-electron chi connectivity index (χ3n) is 5.30. The Labute approximate surface area is 127 Å². The number of nitrogens with zero attached hydrogens (tertiary/aromatic N) is 2. The number of carbonyl (C=O) groups is 1. The lowest BCUT2D eigenvalue weighted by Crippen LogP contribution is -2.51. The molecule has 0 radical (unpaired) electrons. The number of aromatic nitrogens is 1. The van der Waals surface area contributed by atoms with E-state index in [2.05, 4.69) is 25.8 Å². The lowest BCUT2D eigenvalue weighted by molar-refractivity contribution is -0.142. The van der Waals surface area contributed by atoms with Gasteiger partial charge in [0, 0.05) is 25.2 Å². The summed E-state index contributed by atoms with van der Waals surface area (Å²) in [6, 6.07) is 5.99. The fourth-order valence-corrected chi connectivity index (χ4v) is 3.37. The van der Waals surface area contributed by atoms with Gasteiger partial charge in [0.1, 0.15) is 0 Å². The molecule has 4 nitrogen and oxygen atoms in total. The van der Waals surface area contributed by atoms with E-state index >= 15 is 0 Å². The predicted octanol–water partition coefficient (Wildman–Crippen LogP) is 2.44. The molecule has 1 amide bonds. The third-order valence-corrected chi connectivity index (χ3v) is 5.30. The predicted molar refractivity (Wildman–Crippen MR) is 84.4 cm³/mol. The van der Waals surface area contributed by atoms with Gasteiger partial charge in [0.25, 0.3) is 0 Å². The fraction of sp³-hybridized carbons (Fsp3) is 0.647. The second-order valence-electron chi connectivity index (χ2n) is 6.92. The maximum Gasteiger partial charge on any atom is 0.226 e. The monoisotopic (exact) mass is 289 g/mol. The normalized spacial score (nSPS) is 28.1. The van der Waals surface area contributed by atoms with Crippen molar-refractivity contribution in [2.45, 2.75) is 46.2 Å². The first kappa shape index (κ1) is 16.0. The van der Waals surface area contributed by atoms with Gasteiger partial charge in [-0.15, -0.1) is 0 Å². The van der Waals surface area contributed by atoms with Crippen molar-refractivity contribution < 1.29 is 4.79 Å². The van der Waals surface area contributed by atoms with Crippen LogP contribution in [0.25, 0.3) is 0 Å². The summed E-state index contributed by atoms with van der Waals surface area (Å²) >= 11 is 0. The Hall–Kier alpha value is -1.42. The van der Waals surface area contributed by atoms with Gasteiger partial charge in [-0.05, 0) is 36.3 Å². The summed E-state index contributed by atoms with van der Waals surface area (Å²) < 4.78 is 0. The molecule has 1 aliphatic rings. The number of amides is 1. The van der Waals surface area contributed by atoms with Crippen molar-refractivity contribution >= 4 is 5.91 Å². The lowest BCUT2D eigenvalue weighted by Gasteiger charge is -2.47. The van der Waals surface area contributed by atoms with Gasteiger partial charge in [-0.3, -0.25) is 9.78 Å². The van der Waals surface area contributed by atoms with E-state index in [1.54, 1.807) is 11.1 Å². The molecule has 0 bridgehead atoms. The van der Waals surface area contributed by atoms with E-state index < -0.39 is 0 Å². The molecule has 116 valence electrons. The highest BCUT2D eigenvalue weighted by atomic mass is 16.2. The van der Waals surface area contributed by atoms with Crippen LogP contribution in [-0.4, -0.2) is 28.9 Å². The van der Waals surface area contributed by atoms with E-state index in [1.165, 1.54) is 0 Å². The summed E-state index contributed by atoms with van der Waals surface area (Å²) in [5.41, 5.74) is 7.04. The molecule has 4 heteroatoms. The van der Waals surface area contributed by atoms with Crippen LogP contribution in [0, 0.1) is 17.3 Å². The van der Waals surface area contributed by atoms with E-state index in [1.807, 2.05) is 25.2 Å². The molecule has 3 atom stereocenters. The molecule has 1 aromatic heterocycles. The summed E-state index contributed by atoms with van der Waals surface area (Å²) in [6.45, 7) is 7.08. The standard InChI is InChI=1S/C17H27N3O/c1-12-15(18)9-8-14(17(12,2)3)16(21)20(4)11-13-7-5-6-10-19-13/h5-7,10,12,14-15H,8-9,11,18H2,1-4H3. The molecule has 1 aliphatic carbocycles. The molecule has 3 unspecified atom stereocenters. The van der Waals surface area contributed by atoms with Crippen LogP contribution in [0.5, 0.6) is 0 Å². The highest BCUT2D eigenvalue weighted by Crippen LogP contribution is 2.45. The summed E-state index contributed by atoms with van der Waals surface area (Å²) in [5, 5.41) is 0. The van der Waals surface area contributed by atoms with Crippen LogP contribution in [0.15, 0.2) is 24.4 Å². The average molecular weight is 289 g/mol. The van der Waals surface area contributed by atoms with E-state index in [4.69, 9.17) is 5.73 Å². The molecule has 1 aromatic rings. The zero-order valence-electron chi connectivity index (χ0n) is 13.5. The second-order valence-corrected chi connectivity index (χ2v) is 6.92. The quantitative estimate of drug-likeness (QED) is 0.929. The first-order valence-electron chi connectivity index (χ1n) is 7.74. The van der Waals surface area contributed by atoms with Gasteiger partial charge in [0.15, 0.2) is 0 Å². The van der Waals surface area contributed by atoms with Crippen LogP contribution in [0.1, 0.15) is 39.3 Å². The number of rotatable bonds is 3. The number of pyridine rings is 1. The Morgan fingerprint density at radius 3 is 2.76 bits per heavy atom. The van der Waals surface area contributed by atoms with Gasteiger partial charge >= 0.3 is 0 Å². The van der Waals surface area contributed by atoms with Crippen molar-refractivity contribution in [1.82, 2.24) is 9.88 Å². The highest BCUT2D eigenvalue weighted by molar-refractivity contribution is 5.79. The van der Waals surface area contributed by atoms with Gasteiger partial charge in [-0.1, -0.05) is 26.8 Å². The highest BCUT2D eigenvalue weighted by Gasteiger charge is 2.45. The van der Waals surface area contributed by atoms with Gasteiger partial charge in [-0.2, -0.15) is 0 Å². The zero-order valence-corrected chi connectivity index (χ0v) is 13.5. The maximum atomic E-state index is 12.8. The number of carbonyl (C=O) groups excluding carboxylic acids is 1. The molecule has 0 saturated heterocycles. The topological polar surface area (TPSA) is 59.2 Å². The Balaban J connectivity index is 2.08. The molecular formula is C17H27N3O. The Morgan fingerprint density at radius 2 is 2.14 bits per heavy atom. The molecule has 21 heavy (non-hydrogen) atoms. The Morgan fingerprint density at radius 1 is 1.43 bits per heavy atom. The minimum Gasteiger partial charge on any atom is -0.340 e. The number of nitrogens with two attached hydrogens (primary N) is 1. The van der Waals surface area contributed by atoms with E-state index in [-0.39, 0.29) is 23.3 Å². The summed E-state index contributed by atoms with van der Waals surface area (Å²) in [6.07, 6.45) is 3.57. The zero-order chi connectivity index (χ0) is 15.6. The lowest BCUT2D eigenvalue weighted by atomic mass is 9.61. The maximum absolute atomic E-state index is 12.8. The van der Waals surface area contributed by atoms with Gasteiger partial charge in [-0.25, -0.2) is 0 Å². The SMILES string of the molecule is CC1C(N)CCC(C(=O)N(C)Cc2ccccn2)C1(C)C. The summed E-state index contributed by atoms with van der Waals surface area (Å²) in [4.78, 5) is 18.9. The van der Waals surface area contributed by atoms with Crippen molar-refractivity contribution in [3.8, 4) is 0 Å². The molecule has 1 fully saturated rings. The first-order valence-corrected chi connectivity index (χ1v) is 7.74. The number of hydrogen-bond acceptors (Lipinski definition) is 3. The smallest absolute Gasteiger partial charge is 0.226 e. The van der Waals surface area contributed by atoms with Gasteiger partial charge in [0.05, 0.1) is 12.2 Å². The largest absolute Gasteiger partial charge is 0.340 e.